The summed E-state index contributed by atoms with van der Waals surface area (Å²) in [5, 5.41) is 5.10. The predicted molar refractivity (Wildman–Crippen MR) is 116 cm³/mol. The first-order valence-electron chi connectivity index (χ1n) is 10.5. The maximum atomic E-state index is 13.2. The van der Waals surface area contributed by atoms with Crippen LogP contribution in [0.3, 0.4) is 0 Å². The molecule has 0 radical (unpaired) electrons. The molecule has 3 aromatic rings. The average molecular weight is 488 g/mol. The van der Waals surface area contributed by atoms with Gasteiger partial charge < -0.3 is 10.1 Å². The Morgan fingerprint density at radius 1 is 1.17 bits per heavy atom. The van der Waals surface area contributed by atoms with Gasteiger partial charge in [0.15, 0.2) is 0 Å². The number of rotatable bonds is 5. The maximum Gasteiger partial charge on any atom is 0.573 e. The minimum Gasteiger partial charge on any atom is -0.406 e. The highest BCUT2D eigenvalue weighted by molar-refractivity contribution is 5.99. The van der Waals surface area contributed by atoms with E-state index in [0.717, 1.165) is 12.1 Å². The van der Waals surface area contributed by atoms with Crippen LogP contribution in [-0.4, -0.2) is 33.6 Å². The molecule has 1 aromatic heterocycles. The molecule has 0 unspecified atom stereocenters. The Hall–Kier alpha value is -4.22. The number of alkyl halides is 3. The van der Waals surface area contributed by atoms with Crippen LogP contribution in [0.15, 0.2) is 47.3 Å². The number of hydrogen-bond acceptors (Lipinski definition) is 6. The van der Waals surface area contributed by atoms with Gasteiger partial charge in [-0.05, 0) is 55.3 Å². The molecule has 1 aliphatic rings. The number of fused-ring (bicyclic) bond motifs is 1. The van der Waals surface area contributed by atoms with E-state index >= 15 is 0 Å². The quantitative estimate of drug-likeness (QED) is 0.533. The molecule has 0 saturated carbocycles. The summed E-state index contributed by atoms with van der Waals surface area (Å²) in [6, 6.07) is 8.43. The van der Waals surface area contributed by atoms with Gasteiger partial charge in [-0.2, -0.15) is 0 Å². The second-order valence-electron chi connectivity index (χ2n) is 7.91. The molecule has 1 aliphatic heterocycles. The third kappa shape index (κ3) is 5.31. The lowest BCUT2D eigenvalue weighted by Crippen LogP contribution is -2.45. The number of aryl methyl sites for hydroxylation is 1. The average Bonchev–Trinajstić information content (AvgIpc) is 2.78. The van der Waals surface area contributed by atoms with Gasteiger partial charge in [-0.1, -0.05) is 6.07 Å². The number of carbonyl (C=O) groups excluding carboxylic acids is 3. The van der Waals surface area contributed by atoms with E-state index in [-0.39, 0.29) is 30.3 Å². The highest BCUT2D eigenvalue weighted by atomic mass is 19.4. The lowest BCUT2D eigenvalue weighted by molar-refractivity contribution is -0.274. The van der Waals surface area contributed by atoms with E-state index in [9.17, 15) is 32.3 Å². The van der Waals surface area contributed by atoms with E-state index in [1.807, 2.05) is 0 Å². The van der Waals surface area contributed by atoms with Crippen molar-refractivity contribution in [1.82, 2.24) is 20.2 Å². The number of benzene rings is 2. The van der Waals surface area contributed by atoms with Crippen LogP contribution in [0.25, 0.3) is 10.9 Å². The molecule has 3 amide bonds. The van der Waals surface area contributed by atoms with Crippen LogP contribution in [0.5, 0.6) is 5.75 Å². The zero-order valence-corrected chi connectivity index (χ0v) is 18.3. The molecule has 9 nitrogen and oxygen atoms in total. The van der Waals surface area contributed by atoms with Crippen molar-refractivity contribution in [2.45, 2.75) is 38.7 Å². The summed E-state index contributed by atoms with van der Waals surface area (Å²) in [6.07, 6.45) is -4.54. The summed E-state index contributed by atoms with van der Waals surface area (Å²) in [6.45, 7) is 1.63. The number of ether oxygens (including phenoxy) is 1. The van der Waals surface area contributed by atoms with Gasteiger partial charge in [-0.3, -0.25) is 29.1 Å². The van der Waals surface area contributed by atoms with Crippen LogP contribution >= 0.6 is 0 Å². The molecule has 1 fully saturated rings. The van der Waals surface area contributed by atoms with Gasteiger partial charge in [-0.25, -0.2) is 4.98 Å². The number of amides is 3. The molecule has 2 aromatic carbocycles. The summed E-state index contributed by atoms with van der Waals surface area (Å²) in [7, 11) is 0. The molecule has 0 bridgehead atoms. The molecule has 12 heteroatoms. The first-order chi connectivity index (χ1) is 16.5. The number of hydrogen-bond donors (Lipinski definition) is 2. The van der Waals surface area contributed by atoms with Crippen molar-refractivity contribution >= 4 is 28.6 Å². The third-order valence-corrected chi connectivity index (χ3v) is 5.47. The van der Waals surface area contributed by atoms with Gasteiger partial charge in [0, 0.05) is 18.5 Å². The van der Waals surface area contributed by atoms with Gasteiger partial charge in [0.1, 0.15) is 17.6 Å². The summed E-state index contributed by atoms with van der Waals surface area (Å²) < 4.78 is 41.9. The van der Waals surface area contributed by atoms with Crippen molar-refractivity contribution in [3.8, 4) is 5.75 Å². The fraction of sp³-hybridized carbons (Fsp3) is 0.261. The second-order valence-corrected chi connectivity index (χ2v) is 7.91. The minimum atomic E-state index is -4.83. The normalized spacial score (nSPS) is 16.2. The van der Waals surface area contributed by atoms with Crippen LogP contribution < -0.4 is 20.9 Å². The summed E-state index contributed by atoms with van der Waals surface area (Å²) in [4.78, 5) is 53.7. The molecule has 4 rings (SSSR count). The first kappa shape index (κ1) is 23.9. The Balaban J connectivity index is 1.52. The third-order valence-electron chi connectivity index (χ3n) is 5.47. The van der Waals surface area contributed by atoms with Crippen LogP contribution in [0.4, 0.5) is 13.2 Å². The smallest absolute Gasteiger partial charge is 0.406 e. The van der Waals surface area contributed by atoms with Crippen molar-refractivity contribution < 1.29 is 32.3 Å². The number of aromatic nitrogens is 2. The van der Waals surface area contributed by atoms with Crippen LogP contribution in [0.1, 0.15) is 40.6 Å². The molecule has 182 valence electrons. The molecule has 0 aliphatic carbocycles. The van der Waals surface area contributed by atoms with Gasteiger partial charge >= 0.3 is 6.36 Å². The molecule has 35 heavy (non-hydrogen) atoms. The van der Waals surface area contributed by atoms with E-state index in [1.54, 1.807) is 25.1 Å². The largest absolute Gasteiger partial charge is 0.573 e. The molecule has 2 N–H and O–H groups in total. The Bertz CT molecular complexity index is 1380. The fourth-order valence-corrected chi connectivity index (χ4v) is 3.85. The number of imide groups is 1. The Morgan fingerprint density at radius 2 is 1.89 bits per heavy atom. The van der Waals surface area contributed by atoms with E-state index in [2.05, 4.69) is 20.4 Å². The zero-order chi connectivity index (χ0) is 25.3. The molecule has 0 spiro atoms. The highest BCUT2D eigenvalue weighted by Crippen LogP contribution is 2.23. The number of nitrogens with one attached hydrogen (secondary N) is 2. The van der Waals surface area contributed by atoms with E-state index in [1.165, 1.54) is 16.7 Å². The Labute approximate surface area is 195 Å². The van der Waals surface area contributed by atoms with Crippen molar-refractivity contribution in [1.29, 1.82) is 0 Å². The highest BCUT2D eigenvalue weighted by Gasteiger charge is 2.31. The first-order valence-corrected chi connectivity index (χ1v) is 10.5. The van der Waals surface area contributed by atoms with E-state index < -0.39 is 41.4 Å². The van der Waals surface area contributed by atoms with Gasteiger partial charge in [0.05, 0.1) is 10.9 Å². The Morgan fingerprint density at radius 3 is 2.54 bits per heavy atom. The van der Waals surface area contributed by atoms with Crippen molar-refractivity contribution in [2.24, 2.45) is 0 Å². The van der Waals surface area contributed by atoms with Gasteiger partial charge in [0.2, 0.25) is 11.8 Å². The standard InChI is InChI=1S/C23H19F3N4O5/c1-12-28-17-7-2-13(10-16(17)22(34)30(12)18-8-9-19(31)29-21(18)33)11-27-20(32)14-3-5-15(6-4-14)35-23(24,25)26/h2-7,10,18H,8-9,11H2,1H3,(H,27,32)(H,29,31,33)/t18-/m1/s1. The molecule has 1 saturated heterocycles. The number of carbonyl (C=O) groups is 3. The van der Waals surface area contributed by atoms with Crippen LogP contribution in [0.2, 0.25) is 0 Å². The zero-order valence-electron chi connectivity index (χ0n) is 18.3. The molecular formula is C23H19F3N4O5. The lowest BCUT2D eigenvalue weighted by Gasteiger charge is -2.24. The summed E-state index contributed by atoms with van der Waals surface area (Å²) in [5.41, 5.74) is 0.653. The SMILES string of the molecule is Cc1nc2ccc(CNC(=O)c3ccc(OC(F)(F)F)cc3)cc2c(=O)n1[C@@H]1CCC(=O)NC1=O. The van der Waals surface area contributed by atoms with Gasteiger partial charge in [-0.15, -0.1) is 13.2 Å². The topological polar surface area (TPSA) is 119 Å². The molecular weight excluding hydrogens is 469 g/mol. The van der Waals surface area contributed by atoms with Crippen molar-refractivity contribution in [3.05, 3.63) is 69.8 Å². The maximum absolute atomic E-state index is 13.2. The monoisotopic (exact) mass is 488 g/mol. The number of nitrogens with zero attached hydrogens (tertiary/aromatic N) is 2. The van der Waals surface area contributed by atoms with Crippen molar-refractivity contribution in [3.63, 3.8) is 0 Å². The predicted octanol–water partition coefficient (Wildman–Crippen LogP) is 2.51. The Kier molecular flexibility index (Phi) is 6.29. The minimum absolute atomic E-state index is 0.0291. The van der Waals surface area contributed by atoms with Crippen molar-refractivity contribution in [2.75, 3.05) is 0 Å². The molecule has 1 atom stereocenters. The van der Waals surface area contributed by atoms with E-state index in [0.29, 0.717) is 16.9 Å². The van der Waals surface area contributed by atoms with Crippen LogP contribution in [0, 0.1) is 6.92 Å². The van der Waals surface area contributed by atoms with Gasteiger partial charge in [0.25, 0.3) is 11.5 Å². The molecule has 2 heterocycles. The fourth-order valence-electron chi connectivity index (χ4n) is 3.85. The van der Waals surface area contributed by atoms with Crippen LogP contribution in [-0.2, 0) is 16.1 Å². The number of halogens is 3. The lowest BCUT2D eigenvalue weighted by atomic mass is 10.0. The number of piperidine rings is 1. The summed E-state index contributed by atoms with van der Waals surface area (Å²) in [5.74, 6) is -1.62. The second kappa shape index (κ2) is 9.20. The summed E-state index contributed by atoms with van der Waals surface area (Å²) >= 11 is 0. The van der Waals surface area contributed by atoms with E-state index in [4.69, 9.17) is 0 Å².